The maximum atomic E-state index is 14.0. The Balaban J connectivity index is 0.00000264. The number of nitrogens with one attached hydrogen (secondary N) is 1. The summed E-state index contributed by atoms with van der Waals surface area (Å²) in [4.78, 5) is 45.8. The van der Waals surface area contributed by atoms with Crippen LogP contribution in [0.3, 0.4) is 0 Å². The molecule has 0 saturated carbocycles. The first-order valence-corrected chi connectivity index (χ1v) is 8.19. The van der Waals surface area contributed by atoms with Crippen molar-refractivity contribution in [2.45, 2.75) is 24.4 Å². The summed E-state index contributed by atoms with van der Waals surface area (Å²) in [6, 6.07) is 0. The Labute approximate surface area is 185 Å². The van der Waals surface area contributed by atoms with Gasteiger partial charge in [0.2, 0.25) is 6.23 Å². The van der Waals surface area contributed by atoms with Gasteiger partial charge in [0.1, 0.15) is 6.10 Å². The van der Waals surface area contributed by atoms with Gasteiger partial charge in [-0.05, 0) is 15.9 Å². The summed E-state index contributed by atoms with van der Waals surface area (Å²) in [7, 11) is -5.23. The van der Waals surface area contributed by atoms with Gasteiger partial charge in [0.25, 0.3) is 5.56 Å². The van der Waals surface area contributed by atoms with E-state index in [0.717, 1.165) is 0 Å². The van der Waals surface area contributed by atoms with Gasteiger partial charge in [0.05, 0.1) is 10.6 Å². The summed E-state index contributed by atoms with van der Waals surface area (Å²) in [6.45, 7) is 0. The number of H-pyrrole nitrogens is 1. The zero-order chi connectivity index (χ0) is 16.9. The quantitative estimate of drug-likeness (QED) is 0.343. The zero-order valence-electron chi connectivity index (χ0n) is 12.4. The van der Waals surface area contributed by atoms with Crippen molar-refractivity contribution in [1.82, 2.24) is 9.55 Å². The molecule has 15 heteroatoms. The molecule has 24 heavy (non-hydrogen) atoms. The first kappa shape index (κ1) is 25.1. The van der Waals surface area contributed by atoms with Gasteiger partial charge in [-0.3, -0.25) is 14.3 Å². The van der Waals surface area contributed by atoms with Crippen molar-refractivity contribution in [2.75, 3.05) is 6.16 Å². The fraction of sp³-hybridized carbons (Fsp3) is 0.556. The average Bonchev–Trinajstić information content (AvgIpc) is 2.56. The van der Waals surface area contributed by atoms with Crippen LogP contribution in [0.15, 0.2) is 20.3 Å². The van der Waals surface area contributed by atoms with Crippen LogP contribution in [0, 0.1) is 0 Å². The monoisotopic (exact) mass is 450 g/mol. The van der Waals surface area contributed by atoms with Gasteiger partial charge in [-0.2, -0.15) is 8.78 Å². The third-order valence-corrected chi connectivity index (χ3v) is 4.33. The number of alkyl halides is 2. The van der Waals surface area contributed by atoms with Crippen molar-refractivity contribution < 1.29 is 92.1 Å². The summed E-state index contributed by atoms with van der Waals surface area (Å²) in [5, 5.41) is 9.45. The van der Waals surface area contributed by atoms with Crippen molar-refractivity contribution in [3.8, 4) is 0 Å². The predicted octanol–water partition coefficient (Wildman–Crippen LogP) is -7.89. The number of aliphatic hydroxyl groups is 1. The molecule has 1 aromatic rings. The topological polar surface area (TPSA) is 148 Å². The number of aromatic amines is 1. The fourth-order valence-corrected chi connectivity index (χ4v) is 3.02. The van der Waals surface area contributed by atoms with Crippen LogP contribution in [-0.2, 0) is 9.30 Å². The van der Waals surface area contributed by atoms with Crippen LogP contribution in [0.1, 0.15) is 6.23 Å². The maximum absolute atomic E-state index is 14.0. The summed E-state index contributed by atoms with van der Waals surface area (Å²) >= 11 is 2.73. The van der Waals surface area contributed by atoms with E-state index in [0.29, 0.717) is 6.20 Å². The van der Waals surface area contributed by atoms with E-state index in [1.54, 1.807) is 4.98 Å². The number of ether oxygens (including phenoxy) is 1. The molecule has 2 heterocycles. The van der Waals surface area contributed by atoms with Crippen LogP contribution in [0.25, 0.3) is 0 Å². The van der Waals surface area contributed by atoms with E-state index < -0.39 is 49.4 Å². The third-order valence-electron chi connectivity index (χ3n) is 2.96. The molecule has 2 rings (SSSR count). The first-order chi connectivity index (χ1) is 9.93. The van der Waals surface area contributed by atoms with Gasteiger partial charge in [0.15, 0.2) is 0 Å². The minimum absolute atomic E-state index is 0. The number of halogens is 3. The van der Waals surface area contributed by atoms with Crippen LogP contribution >= 0.6 is 23.5 Å². The van der Waals surface area contributed by atoms with Gasteiger partial charge < -0.3 is 24.2 Å². The Morgan fingerprint density at radius 2 is 1.96 bits per heavy atom. The smallest absolute Gasteiger partial charge is 0.811 e. The molecule has 9 nitrogen and oxygen atoms in total. The number of hydrogen-bond acceptors (Lipinski definition) is 7. The molecule has 1 aliphatic heterocycles. The van der Waals surface area contributed by atoms with Crippen molar-refractivity contribution in [3.05, 3.63) is 31.5 Å². The number of nitrogens with zero attached hydrogens (tertiary/aromatic N) is 1. The molecule has 0 aliphatic carbocycles. The van der Waals surface area contributed by atoms with Crippen LogP contribution < -0.4 is 80.2 Å². The summed E-state index contributed by atoms with van der Waals surface area (Å²) < 4.78 is 43.3. The maximum Gasteiger partial charge on any atom is 1.00 e. The third kappa shape index (κ3) is 5.30. The van der Waals surface area contributed by atoms with Crippen molar-refractivity contribution in [3.63, 3.8) is 0 Å². The second-order valence-corrected chi connectivity index (χ2v) is 7.02. The van der Waals surface area contributed by atoms with Gasteiger partial charge in [-0.1, -0.05) is 7.60 Å². The molecule has 1 fully saturated rings. The van der Waals surface area contributed by atoms with Gasteiger partial charge >= 0.3 is 70.7 Å². The normalized spacial score (nSPS) is 25.7. The molecule has 0 radical (unpaired) electrons. The Morgan fingerprint density at radius 3 is 2.46 bits per heavy atom. The zero-order valence-corrected chi connectivity index (χ0v) is 18.9. The Hall–Kier alpha value is 1.09. The Kier molecular flexibility index (Phi) is 9.25. The standard InChI is InChI=1S/C9H10BrF2N2O7P.2Na/c10-3-1-14(8(17)13-6(3)16)7-9(11,12)5(15)4(21-7)2-22(18,19)20;;/h1,4-5,7,15H,2H2,(H,13,16,17)(H2,18,19,20);;/q;2*+1/p-2/t4-,5-,7-;;/m1../s1. The van der Waals surface area contributed by atoms with Crippen LogP contribution in [0.4, 0.5) is 8.78 Å². The molecule has 0 bridgehead atoms. The van der Waals surface area contributed by atoms with E-state index in [4.69, 9.17) is 0 Å². The summed E-state index contributed by atoms with van der Waals surface area (Å²) in [5.74, 6) is -4.05. The summed E-state index contributed by atoms with van der Waals surface area (Å²) in [5.41, 5.74) is -2.12. The van der Waals surface area contributed by atoms with E-state index in [-0.39, 0.29) is 68.2 Å². The molecule has 0 amide bonds. The van der Waals surface area contributed by atoms with E-state index in [9.17, 15) is 37.8 Å². The van der Waals surface area contributed by atoms with Gasteiger partial charge in [0, 0.05) is 12.4 Å². The largest absolute Gasteiger partial charge is 1.00 e. The Bertz CT molecular complexity index is 754. The molecular formula is C9H8BrF2N2Na2O7P. The minimum atomic E-state index is -5.23. The van der Waals surface area contributed by atoms with Crippen molar-refractivity contribution in [2.24, 2.45) is 0 Å². The van der Waals surface area contributed by atoms with Crippen molar-refractivity contribution >= 4 is 23.5 Å². The number of rotatable bonds is 3. The predicted molar refractivity (Wildman–Crippen MR) is 66.4 cm³/mol. The van der Waals surface area contributed by atoms with E-state index >= 15 is 0 Å². The number of hydrogen-bond donors (Lipinski definition) is 2. The Morgan fingerprint density at radius 1 is 1.42 bits per heavy atom. The van der Waals surface area contributed by atoms with Crippen LogP contribution in [0.5, 0.6) is 0 Å². The van der Waals surface area contributed by atoms with E-state index in [1.807, 2.05) is 0 Å². The molecule has 1 aliphatic rings. The van der Waals surface area contributed by atoms with Crippen LogP contribution in [-0.4, -0.2) is 38.9 Å². The van der Waals surface area contributed by atoms with E-state index in [1.165, 1.54) is 0 Å². The summed E-state index contributed by atoms with van der Waals surface area (Å²) in [6.07, 6.45) is -7.63. The molecule has 0 aromatic carbocycles. The van der Waals surface area contributed by atoms with Crippen molar-refractivity contribution in [1.29, 1.82) is 0 Å². The average molecular weight is 451 g/mol. The number of aromatic nitrogens is 2. The second kappa shape index (κ2) is 8.85. The van der Waals surface area contributed by atoms with Crippen LogP contribution in [0.2, 0.25) is 0 Å². The van der Waals surface area contributed by atoms with Gasteiger partial charge in [-0.25, -0.2) is 4.79 Å². The molecule has 2 N–H and O–H groups in total. The molecule has 3 atom stereocenters. The minimum Gasteiger partial charge on any atom is -0.811 e. The molecule has 124 valence electrons. The number of aliphatic hydroxyl groups excluding tert-OH is 1. The second-order valence-electron chi connectivity index (χ2n) is 4.58. The first-order valence-electron chi connectivity index (χ1n) is 5.67. The fourth-order valence-electron chi connectivity index (χ4n) is 1.97. The van der Waals surface area contributed by atoms with E-state index in [2.05, 4.69) is 20.7 Å². The molecule has 1 saturated heterocycles. The van der Waals surface area contributed by atoms with Gasteiger partial charge in [-0.15, -0.1) is 0 Å². The molecule has 1 aromatic heterocycles. The molecule has 0 unspecified atom stereocenters. The molecular weight excluding hydrogens is 443 g/mol. The molecule has 0 spiro atoms. The SMILES string of the molecule is O=c1[nH]c(=O)n([C@@H]2O[C@H](CP(=O)([O-])[O-])[C@@H](O)C2(F)F)cc1Br.[Na+].[Na+].